The van der Waals surface area contributed by atoms with Crippen LogP contribution in [0.3, 0.4) is 0 Å². The molecule has 0 unspecified atom stereocenters. The maximum Gasteiger partial charge on any atom is 0.0727 e. The third kappa shape index (κ3) is 0.956. The summed E-state index contributed by atoms with van der Waals surface area (Å²) in [5, 5.41) is 0. The van der Waals surface area contributed by atoms with Crippen molar-refractivity contribution in [2.24, 2.45) is 5.92 Å². The van der Waals surface area contributed by atoms with Crippen LogP contribution in [-0.2, 0) is 4.74 Å². The van der Waals surface area contributed by atoms with Crippen LogP contribution >= 0.6 is 0 Å². The second-order valence-electron chi connectivity index (χ2n) is 3.41. The van der Waals surface area contributed by atoms with Crippen molar-refractivity contribution in [3.63, 3.8) is 0 Å². The highest BCUT2D eigenvalue weighted by Gasteiger charge is 2.33. The molecule has 2 nitrogen and oxygen atoms in total. The highest BCUT2D eigenvalue weighted by molar-refractivity contribution is 4.86. The average Bonchev–Trinajstić information content (AvgIpc) is 2.06. The van der Waals surface area contributed by atoms with E-state index >= 15 is 0 Å². The molecule has 0 N–H and O–H groups in total. The normalized spacial score (nSPS) is 45.9. The first-order chi connectivity index (χ1) is 4.90. The van der Waals surface area contributed by atoms with E-state index in [1.807, 2.05) is 7.11 Å². The van der Waals surface area contributed by atoms with Crippen molar-refractivity contribution in [3.8, 4) is 0 Å². The van der Waals surface area contributed by atoms with E-state index in [2.05, 4.69) is 4.90 Å². The van der Waals surface area contributed by atoms with Crippen molar-refractivity contribution in [2.75, 3.05) is 26.7 Å². The summed E-state index contributed by atoms with van der Waals surface area (Å²) in [4.78, 5) is 2.51. The van der Waals surface area contributed by atoms with Gasteiger partial charge in [0, 0.05) is 13.7 Å². The summed E-state index contributed by atoms with van der Waals surface area (Å²) in [7, 11) is 1.84. The second-order valence-corrected chi connectivity index (χ2v) is 3.41. The van der Waals surface area contributed by atoms with Crippen LogP contribution in [0.15, 0.2) is 0 Å². The van der Waals surface area contributed by atoms with E-state index < -0.39 is 0 Å². The Morgan fingerprint density at radius 1 is 1.30 bits per heavy atom. The highest BCUT2D eigenvalue weighted by atomic mass is 16.5. The number of ether oxygens (including phenoxy) is 1. The van der Waals surface area contributed by atoms with Gasteiger partial charge in [0.1, 0.15) is 0 Å². The Morgan fingerprint density at radius 3 is 2.30 bits per heavy atom. The number of methoxy groups -OCH3 is 1. The van der Waals surface area contributed by atoms with Crippen LogP contribution in [0.25, 0.3) is 0 Å². The quantitative estimate of drug-likeness (QED) is 0.533. The molecular weight excluding hydrogens is 126 g/mol. The van der Waals surface area contributed by atoms with Gasteiger partial charge in [-0.15, -0.1) is 0 Å². The van der Waals surface area contributed by atoms with Crippen molar-refractivity contribution >= 4 is 0 Å². The van der Waals surface area contributed by atoms with E-state index in [1.165, 1.54) is 32.5 Å². The van der Waals surface area contributed by atoms with E-state index in [0.29, 0.717) is 6.10 Å². The number of rotatable bonds is 1. The summed E-state index contributed by atoms with van der Waals surface area (Å²) in [6, 6.07) is 0. The van der Waals surface area contributed by atoms with E-state index in [1.54, 1.807) is 0 Å². The van der Waals surface area contributed by atoms with Crippen LogP contribution in [0.1, 0.15) is 12.8 Å². The molecule has 0 aromatic rings. The zero-order valence-electron chi connectivity index (χ0n) is 6.55. The summed E-state index contributed by atoms with van der Waals surface area (Å²) in [5.74, 6) is 0.870. The van der Waals surface area contributed by atoms with Gasteiger partial charge in [0.2, 0.25) is 0 Å². The molecule has 3 rings (SSSR count). The molecule has 0 aromatic heterocycles. The van der Waals surface area contributed by atoms with Crippen LogP contribution in [0, 0.1) is 5.92 Å². The van der Waals surface area contributed by atoms with Crippen molar-refractivity contribution in [1.29, 1.82) is 0 Å². The van der Waals surface area contributed by atoms with Crippen LogP contribution < -0.4 is 0 Å². The van der Waals surface area contributed by atoms with Gasteiger partial charge >= 0.3 is 0 Å². The minimum absolute atomic E-state index is 0.544. The van der Waals surface area contributed by atoms with Crippen LogP contribution in [0.2, 0.25) is 0 Å². The summed E-state index contributed by atoms with van der Waals surface area (Å²) in [6.45, 7) is 3.80. The van der Waals surface area contributed by atoms with Gasteiger partial charge in [-0.1, -0.05) is 0 Å². The van der Waals surface area contributed by atoms with Gasteiger partial charge in [-0.25, -0.2) is 0 Å². The van der Waals surface area contributed by atoms with Gasteiger partial charge in [-0.05, 0) is 31.8 Å². The fourth-order valence-electron chi connectivity index (χ4n) is 2.18. The van der Waals surface area contributed by atoms with Gasteiger partial charge in [0.15, 0.2) is 0 Å². The SMILES string of the molecule is CO[C@@H]1CN2CCC1CC2. The van der Waals surface area contributed by atoms with Crippen molar-refractivity contribution < 1.29 is 4.74 Å². The summed E-state index contributed by atoms with van der Waals surface area (Å²) in [6.07, 6.45) is 3.26. The predicted octanol–water partition coefficient (Wildman–Crippen LogP) is 0.727. The van der Waals surface area contributed by atoms with E-state index in [-0.39, 0.29) is 0 Å². The first-order valence-corrected chi connectivity index (χ1v) is 4.15. The number of hydrogen-bond donors (Lipinski definition) is 0. The Bertz CT molecular complexity index is 118. The van der Waals surface area contributed by atoms with Crippen LogP contribution in [-0.4, -0.2) is 37.7 Å². The lowest BCUT2D eigenvalue weighted by molar-refractivity contribution is -0.0481. The lowest BCUT2D eigenvalue weighted by Gasteiger charge is -2.43. The largest absolute Gasteiger partial charge is 0.380 e. The molecule has 0 saturated carbocycles. The molecule has 0 aliphatic carbocycles. The monoisotopic (exact) mass is 141 g/mol. The molecule has 3 aliphatic rings. The molecular formula is C8H15NO. The number of piperidine rings is 3. The average molecular weight is 141 g/mol. The molecule has 2 heteroatoms. The van der Waals surface area contributed by atoms with E-state index in [4.69, 9.17) is 4.74 Å². The lowest BCUT2D eigenvalue weighted by Crippen LogP contribution is -2.50. The van der Waals surface area contributed by atoms with Gasteiger partial charge < -0.3 is 9.64 Å². The summed E-state index contributed by atoms with van der Waals surface area (Å²) in [5.41, 5.74) is 0. The molecule has 0 amide bonds. The van der Waals surface area contributed by atoms with Gasteiger partial charge in [-0.2, -0.15) is 0 Å². The molecule has 3 heterocycles. The Morgan fingerprint density at radius 2 is 2.00 bits per heavy atom. The Hall–Kier alpha value is -0.0800. The molecule has 3 aliphatic heterocycles. The molecule has 0 radical (unpaired) electrons. The van der Waals surface area contributed by atoms with Gasteiger partial charge in [0.05, 0.1) is 6.10 Å². The molecule has 3 fully saturated rings. The third-order valence-electron chi connectivity index (χ3n) is 2.90. The molecule has 0 aromatic carbocycles. The van der Waals surface area contributed by atoms with Gasteiger partial charge in [-0.3, -0.25) is 0 Å². The molecule has 58 valence electrons. The zero-order valence-corrected chi connectivity index (χ0v) is 6.55. The summed E-state index contributed by atoms with van der Waals surface area (Å²) >= 11 is 0. The van der Waals surface area contributed by atoms with Crippen LogP contribution in [0.4, 0.5) is 0 Å². The smallest absolute Gasteiger partial charge is 0.0727 e. The molecule has 3 saturated heterocycles. The van der Waals surface area contributed by atoms with E-state index in [9.17, 15) is 0 Å². The number of hydrogen-bond acceptors (Lipinski definition) is 2. The second kappa shape index (κ2) is 2.51. The first-order valence-electron chi connectivity index (χ1n) is 4.15. The predicted molar refractivity (Wildman–Crippen MR) is 40.0 cm³/mol. The Kier molecular flexibility index (Phi) is 1.66. The van der Waals surface area contributed by atoms with Gasteiger partial charge in [0.25, 0.3) is 0 Å². The lowest BCUT2D eigenvalue weighted by atomic mass is 9.86. The zero-order chi connectivity index (χ0) is 6.97. The highest BCUT2D eigenvalue weighted by Crippen LogP contribution is 2.28. The van der Waals surface area contributed by atoms with Crippen molar-refractivity contribution in [1.82, 2.24) is 4.90 Å². The molecule has 1 atom stereocenters. The molecule has 10 heavy (non-hydrogen) atoms. The van der Waals surface area contributed by atoms with Crippen molar-refractivity contribution in [2.45, 2.75) is 18.9 Å². The topological polar surface area (TPSA) is 12.5 Å². The minimum Gasteiger partial charge on any atom is -0.380 e. The minimum atomic E-state index is 0.544. The Balaban J connectivity index is 2.01. The standard InChI is InChI=1S/C8H15NO/c1-10-8-6-9-4-2-7(8)3-5-9/h7-8H,2-6H2,1H3/t8-/m1/s1. The fraction of sp³-hybridized carbons (Fsp3) is 1.00. The van der Waals surface area contributed by atoms with Crippen molar-refractivity contribution in [3.05, 3.63) is 0 Å². The van der Waals surface area contributed by atoms with Crippen LogP contribution in [0.5, 0.6) is 0 Å². The number of nitrogens with zero attached hydrogens (tertiary/aromatic N) is 1. The summed E-state index contributed by atoms with van der Waals surface area (Å²) < 4.78 is 5.38. The third-order valence-corrected chi connectivity index (χ3v) is 2.90. The maximum atomic E-state index is 5.38. The first kappa shape index (κ1) is 6.62. The molecule has 0 spiro atoms. The Labute approximate surface area is 62.2 Å². The maximum absolute atomic E-state index is 5.38. The molecule has 2 bridgehead atoms. The fourth-order valence-corrected chi connectivity index (χ4v) is 2.18. The van der Waals surface area contributed by atoms with E-state index in [0.717, 1.165) is 5.92 Å². The number of fused-ring (bicyclic) bond motifs is 3.